The number of amides is 2. The summed E-state index contributed by atoms with van der Waals surface area (Å²) in [6.45, 7) is 3.38. The molecule has 178 valence electrons. The zero-order chi connectivity index (χ0) is 24.1. The number of benzene rings is 2. The van der Waals surface area contributed by atoms with E-state index in [0.717, 1.165) is 30.4 Å². The molecule has 34 heavy (non-hydrogen) atoms. The van der Waals surface area contributed by atoms with Crippen molar-refractivity contribution in [3.05, 3.63) is 70.0 Å². The molecular weight excluding hydrogens is 470 g/mol. The minimum absolute atomic E-state index is 0.0217. The summed E-state index contributed by atoms with van der Waals surface area (Å²) in [6, 6.07) is 17.2. The fourth-order valence-electron chi connectivity index (χ4n) is 4.40. The normalized spacial score (nSPS) is 15.2. The average molecular weight is 498 g/mol. The van der Waals surface area contributed by atoms with Gasteiger partial charge < -0.3 is 10.2 Å². The second-order valence-electron chi connectivity index (χ2n) is 8.48. The van der Waals surface area contributed by atoms with Crippen molar-refractivity contribution in [2.75, 3.05) is 13.1 Å². The van der Waals surface area contributed by atoms with Gasteiger partial charge in [-0.3, -0.25) is 19.3 Å². The van der Waals surface area contributed by atoms with E-state index < -0.39 is 0 Å². The van der Waals surface area contributed by atoms with E-state index in [4.69, 9.17) is 23.8 Å². The molecule has 1 atom stereocenters. The first-order chi connectivity index (χ1) is 16.5. The van der Waals surface area contributed by atoms with E-state index in [9.17, 15) is 9.59 Å². The SMILES string of the molecule is CCC(C(=O)N1CCC(NC(=O)Cn2c(-c3ccc(Cl)cc3)n[nH]c2=S)CC1)c1ccccc1. The number of hydrogen-bond acceptors (Lipinski definition) is 4. The highest BCUT2D eigenvalue weighted by Crippen LogP contribution is 2.24. The predicted molar refractivity (Wildman–Crippen MR) is 135 cm³/mol. The largest absolute Gasteiger partial charge is 0.352 e. The monoisotopic (exact) mass is 497 g/mol. The van der Waals surface area contributed by atoms with E-state index in [0.29, 0.717) is 28.7 Å². The molecule has 1 unspecified atom stereocenters. The minimum atomic E-state index is -0.131. The highest BCUT2D eigenvalue weighted by atomic mass is 35.5. The summed E-state index contributed by atoms with van der Waals surface area (Å²) in [5.74, 6) is 0.495. The van der Waals surface area contributed by atoms with Crippen LogP contribution in [0.3, 0.4) is 0 Å². The van der Waals surface area contributed by atoms with E-state index in [-0.39, 0.29) is 30.3 Å². The van der Waals surface area contributed by atoms with Gasteiger partial charge in [-0.25, -0.2) is 0 Å². The number of piperidine rings is 1. The van der Waals surface area contributed by atoms with Crippen LogP contribution in [-0.2, 0) is 16.1 Å². The van der Waals surface area contributed by atoms with Gasteiger partial charge in [0.2, 0.25) is 11.8 Å². The van der Waals surface area contributed by atoms with Gasteiger partial charge in [0.05, 0.1) is 5.92 Å². The molecule has 4 rings (SSSR count). The Balaban J connectivity index is 1.33. The van der Waals surface area contributed by atoms with Crippen LogP contribution in [0.2, 0.25) is 5.02 Å². The van der Waals surface area contributed by atoms with Crippen LogP contribution in [0, 0.1) is 4.77 Å². The van der Waals surface area contributed by atoms with Crippen molar-refractivity contribution in [3.63, 3.8) is 0 Å². The number of hydrogen-bond donors (Lipinski definition) is 2. The number of nitrogens with zero attached hydrogens (tertiary/aromatic N) is 3. The van der Waals surface area contributed by atoms with Gasteiger partial charge in [-0.15, -0.1) is 0 Å². The Morgan fingerprint density at radius 1 is 1.15 bits per heavy atom. The number of halogens is 1. The molecule has 1 aromatic heterocycles. The fraction of sp³-hybridized carbons (Fsp3) is 0.360. The number of rotatable bonds is 7. The Bertz CT molecular complexity index is 1180. The maximum atomic E-state index is 13.1. The molecule has 1 aliphatic heterocycles. The number of aromatic nitrogens is 3. The van der Waals surface area contributed by atoms with E-state index >= 15 is 0 Å². The van der Waals surface area contributed by atoms with Crippen LogP contribution in [0.15, 0.2) is 54.6 Å². The van der Waals surface area contributed by atoms with Gasteiger partial charge in [0.15, 0.2) is 10.6 Å². The number of nitrogens with one attached hydrogen (secondary N) is 2. The lowest BCUT2D eigenvalue weighted by Gasteiger charge is -2.34. The third kappa shape index (κ3) is 5.56. The standard InChI is InChI=1S/C25H28ClN5O2S/c1-2-21(17-6-4-3-5-7-17)24(33)30-14-12-20(13-15-30)27-22(32)16-31-23(28-29-25(31)34)18-8-10-19(26)11-9-18/h3-11,20-21H,2,12-16H2,1H3,(H,27,32)(H,29,34). The van der Waals surface area contributed by atoms with Gasteiger partial charge >= 0.3 is 0 Å². The molecule has 1 fully saturated rings. The Labute approximate surface area is 209 Å². The molecule has 2 aromatic carbocycles. The highest BCUT2D eigenvalue weighted by Gasteiger charge is 2.29. The zero-order valence-electron chi connectivity index (χ0n) is 19.0. The Kier molecular flexibility index (Phi) is 7.80. The molecule has 0 radical (unpaired) electrons. The smallest absolute Gasteiger partial charge is 0.240 e. The molecule has 3 aromatic rings. The predicted octanol–water partition coefficient (Wildman–Crippen LogP) is 4.56. The Morgan fingerprint density at radius 2 is 1.82 bits per heavy atom. The van der Waals surface area contributed by atoms with Crippen LogP contribution in [0.25, 0.3) is 11.4 Å². The summed E-state index contributed by atoms with van der Waals surface area (Å²) in [5, 5.41) is 10.8. The molecular formula is C25H28ClN5O2S. The molecule has 2 N–H and O–H groups in total. The van der Waals surface area contributed by atoms with Gasteiger partial charge in [-0.05, 0) is 61.3 Å². The summed E-state index contributed by atoms with van der Waals surface area (Å²) in [4.78, 5) is 27.8. The topological polar surface area (TPSA) is 83.0 Å². The van der Waals surface area contributed by atoms with Crippen LogP contribution < -0.4 is 5.32 Å². The van der Waals surface area contributed by atoms with Crippen molar-refractivity contribution in [2.45, 2.75) is 44.7 Å². The minimum Gasteiger partial charge on any atom is -0.352 e. The molecule has 1 aliphatic rings. The van der Waals surface area contributed by atoms with Crippen LogP contribution in [0.1, 0.15) is 37.7 Å². The Hall–Kier alpha value is -2.97. The van der Waals surface area contributed by atoms with E-state index in [1.165, 1.54) is 0 Å². The van der Waals surface area contributed by atoms with Crippen molar-refractivity contribution in [2.24, 2.45) is 0 Å². The van der Waals surface area contributed by atoms with Crippen molar-refractivity contribution in [1.82, 2.24) is 25.0 Å². The molecule has 7 nitrogen and oxygen atoms in total. The lowest BCUT2D eigenvalue weighted by molar-refractivity contribution is -0.134. The second kappa shape index (κ2) is 11.0. The van der Waals surface area contributed by atoms with Crippen LogP contribution in [0.4, 0.5) is 0 Å². The second-order valence-corrected chi connectivity index (χ2v) is 9.31. The Morgan fingerprint density at radius 3 is 2.47 bits per heavy atom. The van der Waals surface area contributed by atoms with Gasteiger partial charge in [0.1, 0.15) is 6.54 Å². The quantitative estimate of drug-likeness (QED) is 0.469. The lowest BCUT2D eigenvalue weighted by Crippen LogP contribution is -2.48. The first kappa shape index (κ1) is 24.2. The number of likely N-dealkylation sites (tertiary alicyclic amines) is 1. The molecule has 0 aliphatic carbocycles. The van der Waals surface area contributed by atoms with Gasteiger partial charge in [0.25, 0.3) is 0 Å². The third-order valence-electron chi connectivity index (χ3n) is 6.24. The number of H-pyrrole nitrogens is 1. The first-order valence-electron chi connectivity index (χ1n) is 11.5. The van der Waals surface area contributed by atoms with E-state index in [1.807, 2.05) is 54.3 Å². The molecule has 0 spiro atoms. The van der Waals surface area contributed by atoms with Gasteiger partial charge in [-0.1, -0.05) is 48.9 Å². The van der Waals surface area contributed by atoms with Crippen LogP contribution in [0.5, 0.6) is 0 Å². The lowest BCUT2D eigenvalue weighted by atomic mass is 9.93. The average Bonchev–Trinajstić information content (AvgIpc) is 3.21. The van der Waals surface area contributed by atoms with Gasteiger partial charge in [0, 0.05) is 29.7 Å². The third-order valence-corrected chi connectivity index (χ3v) is 6.81. The van der Waals surface area contributed by atoms with E-state index in [2.05, 4.69) is 15.5 Å². The molecule has 9 heteroatoms. The maximum Gasteiger partial charge on any atom is 0.240 e. The number of carbonyl (C=O) groups is 2. The zero-order valence-corrected chi connectivity index (χ0v) is 20.6. The summed E-state index contributed by atoms with van der Waals surface area (Å²) >= 11 is 11.3. The highest BCUT2D eigenvalue weighted by molar-refractivity contribution is 7.71. The maximum absolute atomic E-state index is 13.1. The fourth-order valence-corrected chi connectivity index (χ4v) is 4.73. The van der Waals surface area contributed by atoms with Crippen LogP contribution >= 0.6 is 23.8 Å². The van der Waals surface area contributed by atoms with Crippen molar-refractivity contribution in [3.8, 4) is 11.4 Å². The summed E-state index contributed by atoms with van der Waals surface area (Å²) < 4.78 is 2.06. The number of aromatic amines is 1. The molecule has 0 bridgehead atoms. The summed E-state index contributed by atoms with van der Waals surface area (Å²) in [6.07, 6.45) is 2.22. The number of carbonyl (C=O) groups excluding carboxylic acids is 2. The molecule has 2 amide bonds. The molecule has 2 heterocycles. The summed E-state index contributed by atoms with van der Waals surface area (Å²) in [5.41, 5.74) is 1.87. The van der Waals surface area contributed by atoms with Crippen molar-refractivity contribution in [1.29, 1.82) is 0 Å². The van der Waals surface area contributed by atoms with Gasteiger partial charge in [-0.2, -0.15) is 5.10 Å². The van der Waals surface area contributed by atoms with Crippen molar-refractivity contribution >= 4 is 35.6 Å². The van der Waals surface area contributed by atoms with Crippen LogP contribution in [-0.4, -0.2) is 50.6 Å². The summed E-state index contributed by atoms with van der Waals surface area (Å²) in [7, 11) is 0. The first-order valence-corrected chi connectivity index (χ1v) is 12.3. The van der Waals surface area contributed by atoms with E-state index in [1.54, 1.807) is 16.7 Å². The molecule has 0 saturated carbocycles. The van der Waals surface area contributed by atoms with Crippen molar-refractivity contribution < 1.29 is 9.59 Å². The molecule has 1 saturated heterocycles.